The maximum absolute atomic E-state index is 9.48. The summed E-state index contributed by atoms with van der Waals surface area (Å²) in [6, 6.07) is 0.340. The van der Waals surface area contributed by atoms with Gasteiger partial charge in [-0.1, -0.05) is 13.8 Å². The smallest absolute Gasteiger partial charge is 0.0615 e. The second-order valence-electron chi connectivity index (χ2n) is 5.09. The Kier molecular flexibility index (Phi) is 8.78. The number of aliphatic hydroxyl groups is 1. The first-order valence-electron chi connectivity index (χ1n) is 6.35. The molecule has 0 aromatic heterocycles. The van der Waals surface area contributed by atoms with Crippen molar-refractivity contribution in [2.75, 3.05) is 47.1 Å². The molecule has 0 spiro atoms. The summed E-state index contributed by atoms with van der Waals surface area (Å²) >= 11 is 0. The van der Waals surface area contributed by atoms with Crippen molar-refractivity contribution in [1.29, 1.82) is 0 Å². The minimum absolute atomic E-state index is 0.0459. The van der Waals surface area contributed by atoms with Gasteiger partial charge in [0.2, 0.25) is 0 Å². The van der Waals surface area contributed by atoms with Gasteiger partial charge in [-0.25, -0.2) is 0 Å². The van der Waals surface area contributed by atoms with Crippen molar-refractivity contribution < 1.29 is 14.6 Å². The fourth-order valence-corrected chi connectivity index (χ4v) is 1.77. The van der Waals surface area contributed by atoms with Crippen LogP contribution in [0.15, 0.2) is 0 Å². The van der Waals surface area contributed by atoms with Gasteiger partial charge in [0.05, 0.1) is 13.2 Å². The molecule has 1 N–H and O–H groups in total. The van der Waals surface area contributed by atoms with Gasteiger partial charge in [-0.05, 0) is 13.3 Å². The number of hydrogen-bond acceptors (Lipinski definition) is 4. The van der Waals surface area contributed by atoms with Gasteiger partial charge in [0.25, 0.3) is 0 Å². The zero-order valence-corrected chi connectivity index (χ0v) is 12.0. The fourth-order valence-electron chi connectivity index (χ4n) is 1.77. The van der Waals surface area contributed by atoms with Crippen molar-refractivity contribution in [2.24, 2.45) is 5.41 Å². The first kappa shape index (κ1) is 16.8. The largest absolute Gasteiger partial charge is 0.396 e. The molecule has 0 aliphatic rings. The zero-order valence-electron chi connectivity index (χ0n) is 12.0. The van der Waals surface area contributed by atoms with Gasteiger partial charge in [-0.2, -0.15) is 0 Å². The molecule has 0 aromatic rings. The van der Waals surface area contributed by atoms with Crippen LogP contribution in [0.5, 0.6) is 0 Å². The van der Waals surface area contributed by atoms with Gasteiger partial charge >= 0.3 is 0 Å². The predicted molar refractivity (Wildman–Crippen MR) is 70.3 cm³/mol. The number of rotatable bonds is 10. The molecule has 2 atom stereocenters. The average molecular weight is 247 g/mol. The fraction of sp³-hybridized carbons (Fsp3) is 1.00. The minimum atomic E-state index is -0.0459. The molecule has 104 valence electrons. The van der Waals surface area contributed by atoms with E-state index in [1.54, 1.807) is 14.2 Å². The second-order valence-corrected chi connectivity index (χ2v) is 5.09. The Hall–Kier alpha value is -0.160. The molecule has 4 heteroatoms. The summed E-state index contributed by atoms with van der Waals surface area (Å²) in [5.41, 5.74) is -0.0459. The van der Waals surface area contributed by atoms with Gasteiger partial charge < -0.3 is 14.6 Å². The summed E-state index contributed by atoms with van der Waals surface area (Å²) in [6.45, 7) is 9.75. The Morgan fingerprint density at radius 3 is 2.35 bits per heavy atom. The first-order chi connectivity index (χ1) is 8.02. The van der Waals surface area contributed by atoms with E-state index in [4.69, 9.17) is 9.47 Å². The number of hydrogen-bond donors (Lipinski definition) is 1. The molecule has 0 rings (SSSR count). The molecule has 0 fully saturated rings. The Morgan fingerprint density at radius 2 is 1.94 bits per heavy atom. The topological polar surface area (TPSA) is 41.9 Å². The Morgan fingerprint density at radius 1 is 1.29 bits per heavy atom. The van der Waals surface area contributed by atoms with Crippen LogP contribution in [-0.2, 0) is 9.47 Å². The van der Waals surface area contributed by atoms with Crippen LogP contribution in [0.2, 0.25) is 0 Å². The van der Waals surface area contributed by atoms with Gasteiger partial charge in [-0.3, -0.25) is 4.90 Å². The van der Waals surface area contributed by atoms with E-state index in [1.165, 1.54) is 0 Å². The van der Waals surface area contributed by atoms with Gasteiger partial charge in [0.15, 0.2) is 0 Å². The summed E-state index contributed by atoms with van der Waals surface area (Å²) in [6.07, 6.45) is 0.965. The maximum atomic E-state index is 9.48. The lowest BCUT2D eigenvalue weighted by atomic mass is 9.87. The van der Waals surface area contributed by atoms with E-state index >= 15 is 0 Å². The maximum Gasteiger partial charge on any atom is 0.0615 e. The van der Waals surface area contributed by atoms with Crippen LogP contribution in [0, 0.1) is 5.41 Å². The monoisotopic (exact) mass is 247 g/mol. The molecule has 0 aliphatic heterocycles. The molecule has 17 heavy (non-hydrogen) atoms. The van der Waals surface area contributed by atoms with E-state index in [9.17, 15) is 5.11 Å². The highest BCUT2D eigenvalue weighted by molar-refractivity contribution is 4.79. The van der Waals surface area contributed by atoms with Crippen molar-refractivity contribution in [3.8, 4) is 0 Å². The third-order valence-electron chi connectivity index (χ3n) is 3.43. The zero-order chi connectivity index (χ0) is 13.3. The van der Waals surface area contributed by atoms with Crippen molar-refractivity contribution in [3.63, 3.8) is 0 Å². The van der Waals surface area contributed by atoms with Crippen LogP contribution in [0.1, 0.15) is 27.2 Å². The average Bonchev–Trinajstić information content (AvgIpc) is 2.34. The summed E-state index contributed by atoms with van der Waals surface area (Å²) in [5.74, 6) is 0. The van der Waals surface area contributed by atoms with E-state index in [0.29, 0.717) is 19.3 Å². The predicted octanol–water partition coefficient (Wildman–Crippen LogP) is 1.38. The standard InChI is InChI=1S/C13H29NO3/c1-6-13(3,11-15)10-14(7-8-16-4)12(2)9-17-5/h12,15H,6-11H2,1-5H3. The molecule has 0 bridgehead atoms. The molecule has 0 aromatic carbocycles. The van der Waals surface area contributed by atoms with Gasteiger partial charge in [0, 0.05) is 45.4 Å². The molecule has 0 amide bonds. The Labute approximate surface area is 106 Å². The summed E-state index contributed by atoms with van der Waals surface area (Å²) in [7, 11) is 3.43. The van der Waals surface area contributed by atoms with Gasteiger partial charge in [0.1, 0.15) is 0 Å². The number of aliphatic hydroxyl groups excluding tert-OH is 1. The van der Waals surface area contributed by atoms with Crippen LogP contribution in [0.4, 0.5) is 0 Å². The highest BCUT2D eigenvalue weighted by atomic mass is 16.5. The van der Waals surface area contributed by atoms with Crippen molar-refractivity contribution in [2.45, 2.75) is 33.2 Å². The van der Waals surface area contributed by atoms with Crippen LogP contribution in [0.3, 0.4) is 0 Å². The van der Waals surface area contributed by atoms with E-state index < -0.39 is 0 Å². The van der Waals surface area contributed by atoms with Crippen LogP contribution in [0.25, 0.3) is 0 Å². The third kappa shape index (κ3) is 6.36. The summed E-state index contributed by atoms with van der Waals surface area (Å²) in [5, 5.41) is 9.48. The Bertz CT molecular complexity index is 184. The lowest BCUT2D eigenvalue weighted by molar-refractivity contribution is 0.0257. The second kappa shape index (κ2) is 8.86. The van der Waals surface area contributed by atoms with E-state index in [-0.39, 0.29) is 12.0 Å². The summed E-state index contributed by atoms with van der Waals surface area (Å²) in [4.78, 5) is 2.33. The minimum Gasteiger partial charge on any atom is -0.396 e. The molecule has 0 heterocycles. The molecule has 2 unspecified atom stereocenters. The molecule has 0 radical (unpaired) electrons. The van der Waals surface area contributed by atoms with E-state index in [0.717, 1.165) is 19.5 Å². The van der Waals surface area contributed by atoms with Crippen molar-refractivity contribution in [1.82, 2.24) is 4.90 Å². The summed E-state index contributed by atoms with van der Waals surface area (Å²) < 4.78 is 10.3. The van der Waals surface area contributed by atoms with Gasteiger partial charge in [-0.15, -0.1) is 0 Å². The van der Waals surface area contributed by atoms with Crippen LogP contribution in [-0.4, -0.2) is 63.2 Å². The van der Waals surface area contributed by atoms with Crippen molar-refractivity contribution >= 4 is 0 Å². The number of ether oxygens (including phenoxy) is 2. The van der Waals surface area contributed by atoms with E-state index in [1.807, 2.05) is 0 Å². The van der Waals surface area contributed by atoms with E-state index in [2.05, 4.69) is 25.7 Å². The lowest BCUT2D eigenvalue weighted by Crippen LogP contribution is -2.45. The third-order valence-corrected chi connectivity index (χ3v) is 3.43. The molecule has 0 aliphatic carbocycles. The number of nitrogens with zero attached hydrogens (tertiary/aromatic N) is 1. The SMILES string of the molecule is CCC(C)(CO)CN(CCOC)C(C)COC. The first-order valence-corrected chi connectivity index (χ1v) is 6.35. The molecule has 0 saturated carbocycles. The molecular weight excluding hydrogens is 218 g/mol. The quantitative estimate of drug-likeness (QED) is 0.633. The highest BCUT2D eigenvalue weighted by Crippen LogP contribution is 2.22. The molecule has 0 saturated heterocycles. The lowest BCUT2D eigenvalue weighted by Gasteiger charge is -2.36. The molecular formula is C13H29NO3. The normalized spacial score (nSPS) is 17.1. The molecule has 4 nitrogen and oxygen atoms in total. The Balaban J connectivity index is 4.45. The van der Waals surface area contributed by atoms with Crippen molar-refractivity contribution in [3.05, 3.63) is 0 Å². The highest BCUT2D eigenvalue weighted by Gasteiger charge is 2.26. The van der Waals surface area contributed by atoms with Crippen LogP contribution < -0.4 is 0 Å². The number of methoxy groups -OCH3 is 2. The van der Waals surface area contributed by atoms with Crippen LogP contribution >= 0.6 is 0 Å².